The number of amides is 1. The van der Waals surface area contributed by atoms with Gasteiger partial charge in [0.05, 0.1) is 26.4 Å². The first-order valence-electron chi connectivity index (χ1n) is 8.83. The zero-order valence-electron chi connectivity index (χ0n) is 14.5. The fourth-order valence-corrected chi connectivity index (χ4v) is 3.05. The maximum Gasteiger partial charge on any atom is 0.220 e. The van der Waals surface area contributed by atoms with E-state index in [0.29, 0.717) is 18.9 Å². The molecule has 0 spiro atoms. The van der Waals surface area contributed by atoms with Crippen LogP contribution in [-0.2, 0) is 16.1 Å². The highest BCUT2D eigenvalue weighted by Gasteiger charge is 2.17. The molecule has 5 heteroatoms. The standard InChI is InChI=1S/C19H29NO4/c1-23-18-9-7-16(8-10-18)13-24-14-17(21)12-20-19(22)11-15-5-3-2-4-6-15/h7-10,15,17,21H,2-6,11-14H2,1H3,(H,20,22). The van der Waals surface area contributed by atoms with Gasteiger partial charge >= 0.3 is 0 Å². The van der Waals surface area contributed by atoms with Gasteiger partial charge < -0.3 is 19.9 Å². The quantitative estimate of drug-likeness (QED) is 0.728. The lowest BCUT2D eigenvalue weighted by Gasteiger charge is -2.21. The van der Waals surface area contributed by atoms with Gasteiger partial charge in [0.25, 0.3) is 0 Å². The van der Waals surface area contributed by atoms with Gasteiger partial charge in [-0.1, -0.05) is 31.4 Å². The molecule has 1 amide bonds. The number of carbonyl (C=O) groups excluding carboxylic acids is 1. The number of ether oxygens (including phenoxy) is 2. The summed E-state index contributed by atoms with van der Waals surface area (Å²) in [7, 11) is 1.63. The average molecular weight is 335 g/mol. The predicted octanol–water partition coefficient (Wildman–Crippen LogP) is 2.66. The van der Waals surface area contributed by atoms with Gasteiger partial charge in [-0.05, 0) is 36.5 Å². The molecule has 0 saturated heterocycles. The van der Waals surface area contributed by atoms with Gasteiger partial charge in [-0.15, -0.1) is 0 Å². The Hall–Kier alpha value is -1.59. The fourth-order valence-electron chi connectivity index (χ4n) is 3.05. The summed E-state index contributed by atoms with van der Waals surface area (Å²) in [6.45, 7) is 0.876. The third-order valence-corrected chi connectivity index (χ3v) is 4.47. The van der Waals surface area contributed by atoms with Crippen LogP contribution in [0.4, 0.5) is 0 Å². The predicted molar refractivity (Wildman–Crippen MR) is 92.9 cm³/mol. The van der Waals surface area contributed by atoms with Crippen molar-refractivity contribution in [3.63, 3.8) is 0 Å². The molecule has 2 rings (SSSR count). The minimum atomic E-state index is -0.682. The first-order valence-corrected chi connectivity index (χ1v) is 8.83. The van der Waals surface area contributed by atoms with Gasteiger partial charge in [-0.3, -0.25) is 4.79 Å². The van der Waals surface area contributed by atoms with E-state index >= 15 is 0 Å². The molecule has 0 bridgehead atoms. The van der Waals surface area contributed by atoms with Crippen molar-refractivity contribution >= 4 is 5.91 Å². The van der Waals surface area contributed by atoms with Gasteiger partial charge in [0.15, 0.2) is 0 Å². The third kappa shape index (κ3) is 6.89. The summed E-state index contributed by atoms with van der Waals surface area (Å²) in [5.41, 5.74) is 1.02. The van der Waals surface area contributed by atoms with Crippen molar-refractivity contribution in [2.75, 3.05) is 20.3 Å². The van der Waals surface area contributed by atoms with E-state index in [1.165, 1.54) is 19.3 Å². The lowest BCUT2D eigenvalue weighted by atomic mass is 9.87. The van der Waals surface area contributed by atoms with Gasteiger partial charge in [0, 0.05) is 13.0 Å². The molecule has 0 aliphatic heterocycles. The molecule has 1 fully saturated rings. The second-order valence-corrected chi connectivity index (χ2v) is 6.53. The average Bonchev–Trinajstić information content (AvgIpc) is 2.61. The van der Waals surface area contributed by atoms with E-state index < -0.39 is 6.10 Å². The highest BCUT2D eigenvalue weighted by molar-refractivity contribution is 5.76. The zero-order valence-corrected chi connectivity index (χ0v) is 14.5. The Labute approximate surface area is 144 Å². The number of aliphatic hydroxyl groups is 1. The summed E-state index contributed by atoms with van der Waals surface area (Å²) in [5.74, 6) is 1.36. The second-order valence-electron chi connectivity index (χ2n) is 6.53. The lowest BCUT2D eigenvalue weighted by Crippen LogP contribution is -2.35. The summed E-state index contributed by atoms with van der Waals surface area (Å²) >= 11 is 0. The Morgan fingerprint density at radius 2 is 1.96 bits per heavy atom. The minimum absolute atomic E-state index is 0.0381. The van der Waals surface area contributed by atoms with E-state index in [4.69, 9.17) is 9.47 Å². The Morgan fingerprint density at radius 3 is 2.62 bits per heavy atom. The summed E-state index contributed by atoms with van der Waals surface area (Å²) in [4.78, 5) is 11.9. The molecule has 0 heterocycles. The van der Waals surface area contributed by atoms with Crippen LogP contribution in [0, 0.1) is 5.92 Å². The molecule has 1 unspecified atom stereocenters. The Bertz CT molecular complexity index is 483. The molecular formula is C19H29NO4. The van der Waals surface area contributed by atoms with Crippen LogP contribution in [-0.4, -0.2) is 37.4 Å². The summed E-state index contributed by atoms with van der Waals surface area (Å²) in [5, 5.41) is 12.7. The van der Waals surface area contributed by atoms with Crippen LogP contribution in [0.1, 0.15) is 44.1 Å². The van der Waals surface area contributed by atoms with E-state index in [0.717, 1.165) is 24.2 Å². The Balaban J connectivity index is 1.56. The van der Waals surface area contributed by atoms with Crippen molar-refractivity contribution in [3.8, 4) is 5.75 Å². The van der Waals surface area contributed by atoms with Gasteiger partial charge in [-0.2, -0.15) is 0 Å². The topological polar surface area (TPSA) is 67.8 Å². The van der Waals surface area contributed by atoms with E-state index in [-0.39, 0.29) is 19.1 Å². The second kappa shape index (κ2) is 10.3. The van der Waals surface area contributed by atoms with Crippen LogP contribution in [0.15, 0.2) is 24.3 Å². The summed E-state index contributed by atoms with van der Waals surface area (Å²) in [6, 6.07) is 7.61. The van der Waals surface area contributed by atoms with E-state index in [2.05, 4.69) is 5.32 Å². The highest BCUT2D eigenvalue weighted by Crippen LogP contribution is 2.25. The largest absolute Gasteiger partial charge is 0.497 e. The zero-order chi connectivity index (χ0) is 17.2. The van der Waals surface area contributed by atoms with Crippen molar-refractivity contribution in [1.29, 1.82) is 0 Å². The van der Waals surface area contributed by atoms with Crippen LogP contribution < -0.4 is 10.1 Å². The molecule has 1 aliphatic carbocycles. The summed E-state index contributed by atoms with van der Waals surface area (Å²) < 4.78 is 10.6. The number of methoxy groups -OCH3 is 1. The lowest BCUT2D eigenvalue weighted by molar-refractivity contribution is -0.122. The number of hydrogen-bond acceptors (Lipinski definition) is 4. The maximum atomic E-state index is 11.9. The van der Waals surface area contributed by atoms with Crippen molar-refractivity contribution in [3.05, 3.63) is 29.8 Å². The van der Waals surface area contributed by atoms with E-state index in [1.54, 1.807) is 7.11 Å². The molecule has 1 atom stereocenters. The monoisotopic (exact) mass is 335 g/mol. The molecule has 134 valence electrons. The number of nitrogens with one attached hydrogen (secondary N) is 1. The van der Waals surface area contributed by atoms with Crippen LogP contribution in [0.25, 0.3) is 0 Å². The number of hydrogen-bond donors (Lipinski definition) is 2. The molecule has 1 aliphatic rings. The molecule has 1 aromatic carbocycles. The summed E-state index contributed by atoms with van der Waals surface area (Å²) in [6.07, 6.45) is 5.97. The van der Waals surface area contributed by atoms with Gasteiger partial charge in [-0.25, -0.2) is 0 Å². The van der Waals surface area contributed by atoms with Crippen LogP contribution in [0.3, 0.4) is 0 Å². The van der Waals surface area contributed by atoms with Crippen molar-refractivity contribution in [2.45, 2.75) is 51.2 Å². The van der Waals surface area contributed by atoms with Crippen LogP contribution in [0.2, 0.25) is 0 Å². The molecule has 24 heavy (non-hydrogen) atoms. The van der Waals surface area contributed by atoms with Gasteiger partial charge in [0.2, 0.25) is 5.91 Å². The first-order chi connectivity index (χ1) is 11.7. The fraction of sp³-hybridized carbons (Fsp3) is 0.632. The Morgan fingerprint density at radius 1 is 1.25 bits per heavy atom. The number of carbonyl (C=O) groups is 1. The van der Waals surface area contributed by atoms with Crippen molar-refractivity contribution in [2.24, 2.45) is 5.92 Å². The molecular weight excluding hydrogens is 306 g/mol. The third-order valence-electron chi connectivity index (χ3n) is 4.47. The normalized spacial score (nSPS) is 16.6. The minimum Gasteiger partial charge on any atom is -0.497 e. The molecule has 0 aromatic heterocycles. The molecule has 2 N–H and O–H groups in total. The number of rotatable bonds is 9. The first kappa shape index (κ1) is 18.7. The highest BCUT2D eigenvalue weighted by atomic mass is 16.5. The van der Waals surface area contributed by atoms with Crippen LogP contribution in [0.5, 0.6) is 5.75 Å². The molecule has 5 nitrogen and oxygen atoms in total. The van der Waals surface area contributed by atoms with E-state index in [1.807, 2.05) is 24.3 Å². The number of benzene rings is 1. The molecule has 1 saturated carbocycles. The van der Waals surface area contributed by atoms with Crippen molar-refractivity contribution in [1.82, 2.24) is 5.32 Å². The van der Waals surface area contributed by atoms with Crippen molar-refractivity contribution < 1.29 is 19.4 Å². The van der Waals surface area contributed by atoms with Crippen LogP contribution >= 0.6 is 0 Å². The number of aliphatic hydroxyl groups excluding tert-OH is 1. The Kier molecular flexibility index (Phi) is 8.05. The molecule has 1 aromatic rings. The smallest absolute Gasteiger partial charge is 0.220 e. The molecule has 0 radical (unpaired) electrons. The maximum absolute atomic E-state index is 11.9. The SMILES string of the molecule is COc1ccc(COCC(O)CNC(=O)CC2CCCCC2)cc1. The van der Waals surface area contributed by atoms with Gasteiger partial charge in [0.1, 0.15) is 5.75 Å². The van der Waals surface area contributed by atoms with E-state index in [9.17, 15) is 9.90 Å².